The SMILES string of the molecule is C=C[C@@H]1OCC[C@H]1CN=C(N)NCC1CCCO1.I. The first kappa shape index (κ1) is 16.7. The van der Waals surface area contributed by atoms with Gasteiger partial charge in [-0.15, -0.1) is 30.6 Å². The van der Waals surface area contributed by atoms with Crippen LogP contribution in [0.5, 0.6) is 0 Å². The average molecular weight is 381 g/mol. The normalized spacial score (nSPS) is 30.9. The number of aliphatic imine (C=N–C) groups is 1. The zero-order valence-corrected chi connectivity index (χ0v) is 13.5. The Morgan fingerprint density at radius 2 is 2.21 bits per heavy atom. The molecule has 2 saturated heterocycles. The van der Waals surface area contributed by atoms with Gasteiger partial charge in [0.05, 0.1) is 12.2 Å². The van der Waals surface area contributed by atoms with E-state index in [0.29, 0.717) is 18.4 Å². The highest BCUT2D eigenvalue weighted by molar-refractivity contribution is 14.0. The van der Waals surface area contributed by atoms with E-state index in [-0.39, 0.29) is 36.2 Å². The van der Waals surface area contributed by atoms with Crippen molar-refractivity contribution in [1.82, 2.24) is 5.32 Å². The molecule has 6 heteroatoms. The molecule has 0 aromatic carbocycles. The molecule has 2 fully saturated rings. The van der Waals surface area contributed by atoms with Gasteiger partial charge in [0.15, 0.2) is 5.96 Å². The molecule has 0 amide bonds. The Bertz CT molecular complexity index is 306. The fraction of sp³-hybridized carbons (Fsp3) is 0.769. The molecule has 0 saturated carbocycles. The standard InChI is InChI=1S/C13H23N3O2.HI/c1-2-12-10(5-7-18-12)8-15-13(14)16-9-11-4-3-6-17-11;/h2,10-12H,1,3-9H2,(H3,14,15,16);1H/t10-,11?,12-;/m0./s1. The molecule has 2 heterocycles. The first-order chi connectivity index (χ1) is 8.79. The second-order valence-electron chi connectivity index (χ2n) is 4.86. The Kier molecular flexibility index (Phi) is 7.70. The first-order valence-electron chi connectivity index (χ1n) is 6.69. The average Bonchev–Trinajstić information content (AvgIpc) is 3.04. The summed E-state index contributed by atoms with van der Waals surface area (Å²) in [5.41, 5.74) is 5.83. The van der Waals surface area contributed by atoms with Crippen LogP contribution < -0.4 is 11.1 Å². The second kappa shape index (κ2) is 8.76. The molecule has 0 aromatic heterocycles. The van der Waals surface area contributed by atoms with Crippen molar-refractivity contribution in [3.63, 3.8) is 0 Å². The van der Waals surface area contributed by atoms with E-state index in [1.54, 1.807) is 0 Å². The number of nitrogens with zero attached hydrogens (tertiary/aromatic N) is 1. The molecular formula is C13H24IN3O2. The van der Waals surface area contributed by atoms with E-state index in [9.17, 15) is 0 Å². The monoisotopic (exact) mass is 381 g/mol. The molecule has 2 aliphatic rings. The van der Waals surface area contributed by atoms with Gasteiger partial charge in [-0.05, 0) is 19.3 Å². The summed E-state index contributed by atoms with van der Waals surface area (Å²) < 4.78 is 11.0. The van der Waals surface area contributed by atoms with Crippen LogP contribution in [0.25, 0.3) is 0 Å². The molecular weight excluding hydrogens is 357 g/mol. The molecule has 3 atom stereocenters. The molecule has 0 bridgehead atoms. The minimum Gasteiger partial charge on any atom is -0.376 e. The van der Waals surface area contributed by atoms with Crippen LogP contribution in [0, 0.1) is 5.92 Å². The molecule has 2 rings (SSSR count). The summed E-state index contributed by atoms with van der Waals surface area (Å²) in [6.45, 7) is 6.88. The predicted octanol–water partition coefficient (Wildman–Crippen LogP) is 1.28. The molecule has 110 valence electrons. The van der Waals surface area contributed by atoms with Crippen LogP contribution in [-0.4, -0.2) is 44.5 Å². The number of hydrogen-bond donors (Lipinski definition) is 2. The van der Waals surface area contributed by atoms with Crippen LogP contribution in [0.4, 0.5) is 0 Å². The van der Waals surface area contributed by atoms with Gasteiger partial charge in [0.1, 0.15) is 0 Å². The van der Waals surface area contributed by atoms with Crippen molar-refractivity contribution in [2.24, 2.45) is 16.6 Å². The van der Waals surface area contributed by atoms with Crippen molar-refractivity contribution in [3.8, 4) is 0 Å². The highest BCUT2D eigenvalue weighted by Gasteiger charge is 2.25. The van der Waals surface area contributed by atoms with E-state index in [0.717, 1.165) is 39.0 Å². The van der Waals surface area contributed by atoms with E-state index in [4.69, 9.17) is 15.2 Å². The highest BCUT2D eigenvalue weighted by atomic mass is 127. The number of nitrogens with two attached hydrogens (primary N) is 1. The molecule has 5 nitrogen and oxygen atoms in total. The summed E-state index contributed by atoms with van der Waals surface area (Å²) in [6, 6.07) is 0. The van der Waals surface area contributed by atoms with Crippen molar-refractivity contribution < 1.29 is 9.47 Å². The highest BCUT2D eigenvalue weighted by Crippen LogP contribution is 2.21. The lowest BCUT2D eigenvalue weighted by atomic mass is 10.0. The smallest absolute Gasteiger partial charge is 0.188 e. The maximum Gasteiger partial charge on any atom is 0.188 e. The van der Waals surface area contributed by atoms with Gasteiger partial charge in [-0.2, -0.15) is 0 Å². The second-order valence-corrected chi connectivity index (χ2v) is 4.86. The summed E-state index contributed by atoms with van der Waals surface area (Å²) >= 11 is 0. The lowest BCUT2D eigenvalue weighted by Gasteiger charge is -2.14. The largest absolute Gasteiger partial charge is 0.376 e. The third-order valence-electron chi connectivity index (χ3n) is 3.53. The number of nitrogens with one attached hydrogen (secondary N) is 1. The quantitative estimate of drug-likeness (QED) is 0.326. The van der Waals surface area contributed by atoms with Crippen molar-refractivity contribution >= 4 is 29.9 Å². The van der Waals surface area contributed by atoms with Crippen LogP contribution in [0.1, 0.15) is 19.3 Å². The van der Waals surface area contributed by atoms with Gasteiger partial charge in [-0.25, -0.2) is 0 Å². The van der Waals surface area contributed by atoms with E-state index >= 15 is 0 Å². The number of ether oxygens (including phenoxy) is 2. The summed E-state index contributed by atoms with van der Waals surface area (Å²) in [5.74, 6) is 0.908. The Morgan fingerprint density at radius 3 is 2.89 bits per heavy atom. The van der Waals surface area contributed by atoms with E-state index in [2.05, 4.69) is 16.9 Å². The zero-order chi connectivity index (χ0) is 12.8. The van der Waals surface area contributed by atoms with Crippen molar-refractivity contribution in [1.29, 1.82) is 0 Å². The van der Waals surface area contributed by atoms with Crippen LogP contribution in [0.3, 0.4) is 0 Å². The molecule has 0 aromatic rings. The molecule has 0 spiro atoms. The number of halogens is 1. The Labute approximate surface area is 132 Å². The predicted molar refractivity (Wildman–Crippen MR) is 86.9 cm³/mol. The van der Waals surface area contributed by atoms with E-state index in [1.165, 1.54) is 0 Å². The molecule has 3 N–H and O–H groups in total. The van der Waals surface area contributed by atoms with Crippen molar-refractivity contribution in [2.45, 2.75) is 31.5 Å². The van der Waals surface area contributed by atoms with Crippen LogP contribution in [-0.2, 0) is 9.47 Å². The lowest BCUT2D eigenvalue weighted by molar-refractivity contribution is 0.114. The molecule has 0 aliphatic carbocycles. The van der Waals surface area contributed by atoms with Gasteiger partial charge >= 0.3 is 0 Å². The van der Waals surface area contributed by atoms with Crippen molar-refractivity contribution in [2.75, 3.05) is 26.3 Å². The maximum absolute atomic E-state index is 5.83. The number of guanidine groups is 1. The Hall–Kier alpha value is -0.340. The van der Waals surface area contributed by atoms with Gasteiger partial charge < -0.3 is 20.5 Å². The summed E-state index contributed by atoms with van der Waals surface area (Å²) in [6.07, 6.45) is 5.54. The maximum atomic E-state index is 5.83. The van der Waals surface area contributed by atoms with Gasteiger partial charge in [-0.3, -0.25) is 4.99 Å². The van der Waals surface area contributed by atoms with Crippen molar-refractivity contribution in [3.05, 3.63) is 12.7 Å². The lowest BCUT2D eigenvalue weighted by Crippen LogP contribution is -2.37. The summed E-state index contributed by atoms with van der Waals surface area (Å²) in [7, 11) is 0. The fourth-order valence-corrected chi connectivity index (χ4v) is 2.41. The third kappa shape index (κ3) is 5.27. The number of hydrogen-bond acceptors (Lipinski definition) is 3. The van der Waals surface area contributed by atoms with E-state index in [1.807, 2.05) is 6.08 Å². The summed E-state index contributed by atoms with van der Waals surface area (Å²) in [5, 5.41) is 3.12. The van der Waals surface area contributed by atoms with E-state index < -0.39 is 0 Å². The molecule has 0 radical (unpaired) electrons. The van der Waals surface area contributed by atoms with Gasteiger partial charge in [-0.1, -0.05) is 6.08 Å². The Morgan fingerprint density at radius 1 is 1.37 bits per heavy atom. The van der Waals surface area contributed by atoms with Gasteiger partial charge in [0, 0.05) is 32.2 Å². The molecule has 1 unspecified atom stereocenters. The fourth-order valence-electron chi connectivity index (χ4n) is 2.41. The molecule has 2 aliphatic heterocycles. The van der Waals surface area contributed by atoms with Crippen LogP contribution in [0.2, 0.25) is 0 Å². The van der Waals surface area contributed by atoms with Crippen LogP contribution in [0.15, 0.2) is 17.6 Å². The number of rotatable bonds is 5. The Balaban J connectivity index is 0.00000180. The minimum atomic E-state index is 0. The zero-order valence-electron chi connectivity index (χ0n) is 11.2. The minimum absolute atomic E-state index is 0. The third-order valence-corrected chi connectivity index (χ3v) is 3.53. The topological polar surface area (TPSA) is 68.9 Å². The van der Waals surface area contributed by atoms with Crippen LogP contribution >= 0.6 is 24.0 Å². The van der Waals surface area contributed by atoms with Gasteiger partial charge in [0.2, 0.25) is 0 Å². The first-order valence-corrected chi connectivity index (χ1v) is 6.69. The summed E-state index contributed by atoms with van der Waals surface area (Å²) in [4.78, 5) is 4.37. The molecule has 19 heavy (non-hydrogen) atoms. The van der Waals surface area contributed by atoms with Gasteiger partial charge in [0.25, 0.3) is 0 Å².